The molecule has 172 valence electrons. The van der Waals surface area contributed by atoms with Gasteiger partial charge in [0.05, 0.1) is 9.72 Å². The van der Waals surface area contributed by atoms with Crippen molar-refractivity contribution in [3.8, 4) is 0 Å². The molecule has 0 aliphatic rings. The van der Waals surface area contributed by atoms with E-state index in [0.717, 1.165) is 22.5 Å². The van der Waals surface area contributed by atoms with Crippen molar-refractivity contribution in [1.82, 2.24) is 0 Å². The van der Waals surface area contributed by atoms with Crippen molar-refractivity contribution in [2.24, 2.45) is 0 Å². The van der Waals surface area contributed by atoms with Crippen LogP contribution >= 0.6 is 45.2 Å². The van der Waals surface area contributed by atoms with Crippen LogP contribution in [0, 0.1) is 17.6 Å². The third kappa shape index (κ3) is 6.60. The quantitative estimate of drug-likeness (QED) is 0.0875. The average Bonchev–Trinajstić information content (AvgIpc) is 2.88. The van der Waals surface area contributed by atoms with Gasteiger partial charge in [-0.25, -0.2) is 0 Å². The molecule has 4 aromatic carbocycles. The van der Waals surface area contributed by atoms with Gasteiger partial charge in [0, 0.05) is 55.9 Å². The van der Waals surface area contributed by atoms with Crippen LogP contribution < -0.4 is 10.6 Å². The molecule has 0 radical (unpaired) electrons. The predicted octanol–water partition coefficient (Wildman–Crippen LogP) is 7.56. The second-order valence-electron chi connectivity index (χ2n) is 7.60. The molecule has 4 aromatic rings. The van der Waals surface area contributed by atoms with Gasteiger partial charge in [0.25, 0.3) is 11.4 Å². The summed E-state index contributed by atoms with van der Waals surface area (Å²) in [4.78, 5) is 0.713. The molecule has 8 heteroatoms. The summed E-state index contributed by atoms with van der Waals surface area (Å²) in [6.45, 7) is 1.25. The molecule has 0 spiro atoms. The Morgan fingerprint density at radius 1 is 0.500 bits per heavy atom. The van der Waals surface area contributed by atoms with Gasteiger partial charge in [-0.15, -0.1) is 0 Å². The zero-order chi connectivity index (χ0) is 23.9. The molecule has 4 rings (SSSR count). The molecule has 0 amide bonds. The number of halogens is 2. The molecule has 0 aromatic heterocycles. The van der Waals surface area contributed by atoms with Gasteiger partial charge in [-0.1, -0.05) is 24.3 Å². The third-order valence-electron chi connectivity index (χ3n) is 5.16. The Kier molecular flexibility index (Phi) is 8.22. The molecule has 6 nitrogen and oxygen atoms in total. The highest BCUT2D eigenvalue weighted by Gasteiger charge is 2.15. The maximum Gasteiger partial charge on any atom is 0.287 e. The first-order valence-corrected chi connectivity index (χ1v) is 12.7. The lowest BCUT2D eigenvalue weighted by Gasteiger charge is -2.08. The van der Waals surface area contributed by atoms with Gasteiger partial charge >= 0.3 is 0 Å². The van der Waals surface area contributed by atoms with Crippen molar-refractivity contribution >= 4 is 67.9 Å². The highest BCUT2D eigenvalue weighted by atomic mass is 127. The van der Waals surface area contributed by atoms with Crippen molar-refractivity contribution in [3.63, 3.8) is 0 Å². The Morgan fingerprint density at radius 3 is 1.15 bits per heavy atom. The Labute approximate surface area is 225 Å². The van der Waals surface area contributed by atoms with Crippen molar-refractivity contribution < 1.29 is 9.72 Å². The fourth-order valence-corrected chi connectivity index (χ4v) is 3.96. The largest absolute Gasteiger partial charge is 0.561 e. The van der Waals surface area contributed by atoms with E-state index in [2.05, 4.69) is 55.8 Å². The van der Waals surface area contributed by atoms with Crippen LogP contribution in [0.2, 0.25) is 0 Å². The lowest BCUT2D eigenvalue weighted by Crippen LogP contribution is -2.09. The lowest BCUT2D eigenvalue weighted by molar-refractivity contribution is -0.896. The molecule has 0 heterocycles. The van der Waals surface area contributed by atoms with Gasteiger partial charge in [0.1, 0.15) is 0 Å². The van der Waals surface area contributed by atoms with Crippen molar-refractivity contribution in [2.75, 3.05) is 10.6 Å². The molecule has 0 bridgehead atoms. The summed E-state index contributed by atoms with van der Waals surface area (Å²) in [6, 6.07) is 30.2. The highest BCUT2D eigenvalue weighted by Crippen LogP contribution is 2.20. The van der Waals surface area contributed by atoms with Gasteiger partial charge in [-0.05, 0) is 105 Å². The van der Waals surface area contributed by atoms with Gasteiger partial charge in [0.2, 0.25) is 0 Å². The minimum Gasteiger partial charge on any atom is -0.561 e. The van der Waals surface area contributed by atoms with E-state index in [9.17, 15) is 10.4 Å². The second kappa shape index (κ2) is 11.5. The average molecular weight is 676 g/mol. The van der Waals surface area contributed by atoms with Crippen LogP contribution in [-0.2, 0) is 13.1 Å². The van der Waals surface area contributed by atoms with Crippen LogP contribution in [0.1, 0.15) is 11.1 Å². The summed E-state index contributed by atoms with van der Waals surface area (Å²) >= 11 is 4.54. The van der Waals surface area contributed by atoms with E-state index in [1.165, 1.54) is 7.14 Å². The van der Waals surface area contributed by atoms with Crippen LogP contribution in [0.3, 0.4) is 0 Å². The Bertz CT molecular complexity index is 1160. The van der Waals surface area contributed by atoms with Crippen LogP contribution in [-0.4, -0.2) is 9.72 Å². The molecule has 0 aliphatic carbocycles. The second-order valence-corrected chi connectivity index (χ2v) is 10.1. The highest BCUT2D eigenvalue weighted by molar-refractivity contribution is 14.1. The molecule has 0 saturated carbocycles. The number of rotatable bonds is 8. The molecule has 34 heavy (non-hydrogen) atoms. The first-order valence-electron chi connectivity index (χ1n) is 10.6. The molecule has 0 unspecified atom stereocenters. The van der Waals surface area contributed by atoms with E-state index in [0.29, 0.717) is 22.8 Å². The van der Waals surface area contributed by atoms with E-state index in [-0.39, 0.29) is 11.4 Å². The van der Waals surface area contributed by atoms with E-state index >= 15 is 0 Å². The summed E-state index contributed by atoms with van der Waals surface area (Å²) in [6.07, 6.45) is 0. The smallest absolute Gasteiger partial charge is 0.287 e. The Hall–Kier alpha value is -2.86. The number of hydrogen-bond donors (Lipinski definition) is 2. The van der Waals surface area contributed by atoms with E-state index < -0.39 is 0 Å². The van der Waals surface area contributed by atoms with Gasteiger partial charge in [0.15, 0.2) is 0 Å². The Morgan fingerprint density at radius 2 is 0.824 bits per heavy atom. The standard InChI is InChI=1S/C26H22I2N4O2/c27-21-5-9-23(10-6-21)29-17-19-1-13-25(14-2-19)31(33)32(34)26-15-3-20(4-16-26)18-30-24-11-7-22(28)8-12-24/h1-16,29-30H,17-18H2/b32-31+. The minimum absolute atomic E-state index is 0.275. The number of nitrogens with one attached hydrogen (secondary N) is 2. The summed E-state index contributed by atoms with van der Waals surface area (Å²) in [5.74, 6) is 0. The van der Waals surface area contributed by atoms with E-state index in [1.54, 1.807) is 24.3 Å². The van der Waals surface area contributed by atoms with Crippen LogP contribution in [0.4, 0.5) is 22.7 Å². The summed E-state index contributed by atoms with van der Waals surface area (Å²) < 4.78 is 2.36. The van der Waals surface area contributed by atoms with Crippen LogP contribution in [0.25, 0.3) is 0 Å². The number of nitrogens with zero attached hydrogens (tertiary/aromatic N) is 2. The number of hydrogen-bond acceptors (Lipinski definition) is 4. The van der Waals surface area contributed by atoms with E-state index in [1.807, 2.05) is 72.8 Å². The van der Waals surface area contributed by atoms with Crippen molar-refractivity contribution in [2.45, 2.75) is 13.1 Å². The van der Waals surface area contributed by atoms with E-state index in [4.69, 9.17) is 0 Å². The van der Waals surface area contributed by atoms with Crippen LogP contribution in [0.15, 0.2) is 97.1 Å². The minimum atomic E-state index is 0.275. The molecule has 0 atom stereocenters. The fourth-order valence-electron chi connectivity index (χ4n) is 3.24. The monoisotopic (exact) mass is 676 g/mol. The van der Waals surface area contributed by atoms with Crippen molar-refractivity contribution in [1.29, 1.82) is 0 Å². The number of benzene rings is 4. The van der Waals surface area contributed by atoms with Gasteiger partial charge < -0.3 is 21.0 Å². The summed E-state index contributed by atoms with van der Waals surface area (Å²) in [7, 11) is 0. The molecule has 0 aliphatic heterocycles. The molecule has 0 fully saturated rings. The lowest BCUT2D eigenvalue weighted by atomic mass is 10.2. The fraction of sp³-hybridized carbons (Fsp3) is 0.0769. The summed E-state index contributed by atoms with van der Waals surface area (Å²) in [5.41, 5.74) is 4.63. The topological polar surface area (TPSA) is 76.2 Å². The first kappa shape index (κ1) is 24.3. The molecule has 2 N–H and O–H groups in total. The van der Waals surface area contributed by atoms with Gasteiger partial charge in [-0.3, -0.25) is 0 Å². The van der Waals surface area contributed by atoms with Crippen molar-refractivity contribution in [3.05, 3.63) is 126 Å². The molecular weight excluding hydrogens is 654 g/mol. The summed E-state index contributed by atoms with van der Waals surface area (Å²) in [5, 5.41) is 31.9. The Balaban J connectivity index is 1.37. The normalized spacial score (nSPS) is 11.6. The van der Waals surface area contributed by atoms with Gasteiger partial charge in [-0.2, -0.15) is 0 Å². The third-order valence-corrected chi connectivity index (χ3v) is 6.60. The van der Waals surface area contributed by atoms with Crippen LogP contribution in [0.5, 0.6) is 0 Å². The first-order chi connectivity index (χ1) is 16.5. The molecular formula is C26H22I2N4O2. The molecule has 0 saturated heterocycles. The zero-order valence-electron chi connectivity index (χ0n) is 18.1. The number of azo groups is 1. The number of anilines is 2. The maximum atomic E-state index is 12.6. The zero-order valence-corrected chi connectivity index (χ0v) is 22.4. The maximum absolute atomic E-state index is 12.6. The predicted molar refractivity (Wildman–Crippen MR) is 152 cm³/mol. The SMILES string of the molecule is [O-]/[N+](c1ccc(CNc2ccc(I)cc2)cc1)=[N+](/[O-])c1ccc(CNc2ccc(I)cc2)cc1.